The molecule has 1 fully saturated rings. The molecular formula is C22H26N2O3. The van der Waals surface area contributed by atoms with Gasteiger partial charge in [0.15, 0.2) is 0 Å². The van der Waals surface area contributed by atoms with Crippen molar-refractivity contribution in [1.29, 1.82) is 0 Å². The summed E-state index contributed by atoms with van der Waals surface area (Å²) in [5.41, 5.74) is 3.47. The quantitative estimate of drug-likeness (QED) is 0.816. The van der Waals surface area contributed by atoms with Crippen LogP contribution in [-0.2, 0) is 9.53 Å². The van der Waals surface area contributed by atoms with Crippen LogP contribution in [0.15, 0.2) is 54.6 Å². The Bertz CT molecular complexity index is 776. The Kier molecular flexibility index (Phi) is 6.47. The van der Waals surface area contributed by atoms with E-state index in [4.69, 9.17) is 4.74 Å². The van der Waals surface area contributed by atoms with Crippen molar-refractivity contribution in [1.82, 2.24) is 10.2 Å². The molecule has 0 saturated carbocycles. The normalized spacial score (nSPS) is 15.1. The van der Waals surface area contributed by atoms with Gasteiger partial charge >= 0.3 is 6.09 Å². The topological polar surface area (TPSA) is 58.6 Å². The number of rotatable bonds is 7. The van der Waals surface area contributed by atoms with Crippen molar-refractivity contribution in [2.45, 2.75) is 25.7 Å². The standard InChI is InChI=1S/C22H26N2O3/c1-17-8-5-6-11-19(17)20(18-9-3-2-4-10-18)16-21(25)23-12-14-24-13-7-15-27-22(24)26/h2-6,8-11,20H,7,12-16H2,1H3,(H,23,25). The molecule has 1 heterocycles. The van der Waals surface area contributed by atoms with Crippen LogP contribution < -0.4 is 5.32 Å². The molecule has 0 radical (unpaired) electrons. The number of benzene rings is 2. The summed E-state index contributed by atoms with van der Waals surface area (Å²) in [4.78, 5) is 25.9. The molecule has 1 saturated heterocycles. The summed E-state index contributed by atoms with van der Waals surface area (Å²) in [5.74, 6) is -0.00941. The molecule has 1 unspecified atom stereocenters. The summed E-state index contributed by atoms with van der Waals surface area (Å²) >= 11 is 0. The number of ether oxygens (including phenoxy) is 1. The van der Waals surface area contributed by atoms with E-state index in [1.807, 2.05) is 30.3 Å². The first kappa shape index (κ1) is 19.0. The van der Waals surface area contributed by atoms with Crippen molar-refractivity contribution < 1.29 is 14.3 Å². The Balaban J connectivity index is 1.63. The summed E-state index contributed by atoms with van der Waals surface area (Å²) in [6.45, 7) is 4.15. The minimum Gasteiger partial charge on any atom is -0.449 e. The van der Waals surface area contributed by atoms with Gasteiger partial charge in [-0.1, -0.05) is 54.6 Å². The van der Waals surface area contributed by atoms with E-state index < -0.39 is 0 Å². The van der Waals surface area contributed by atoms with Gasteiger partial charge in [0.25, 0.3) is 0 Å². The van der Waals surface area contributed by atoms with Gasteiger partial charge in [-0.15, -0.1) is 0 Å². The van der Waals surface area contributed by atoms with E-state index in [1.54, 1.807) is 4.90 Å². The molecule has 0 bridgehead atoms. The SMILES string of the molecule is Cc1ccccc1C(CC(=O)NCCN1CCCOC1=O)c1ccccc1. The first-order valence-corrected chi connectivity index (χ1v) is 9.44. The maximum absolute atomic E-state index is 12.6. The number of nitrogens with zero attached hydrogens (tertiary/aromatic N) is 1. The second-order valence-corrected chi connectivity index (χ2v) is 6.83. The maximum Gasteiger partial charge on any atom is 0.409 e. The highest BCUT2D eigenvalue weighted by Gasteiger charge is 2.21. The fraction of sp³-hybridized carbons (Fsp3) is 0.364. The molecule has 27 heavy (non-hydrogen) atoms. The zero-order chi connectivity index (χ0) is 19.1. The van der Waals surface area contributed by atoms with E-state index in [0.29, 0.717) is 32.7 Å². The van der Waals surface area contributed by atoms with Crippen LogP contribution in [0.4, 0.5) is 4.79 Å². The van der Waals surface area contributed by atoms with E-state index in [9.17, 15) is 9.59 Å². The van der Waals surface area contributed by atoms with Gasteiger partial charge in [-0.3, -0.25) is 4.79 Å². The molecule has 1 N–H and O–H groups in total. The van der Waals surface area contributed by atoms with Crippen LogP contribution in [0, 0.1) is 6.92 Å². The minimum atomic E-state index is -0.294. The molecule has 2 aromatic rings. The van der Waals surface area contributed by atoms with Crippen molar-refractivity contribution in [3.63, 3.8) is 0 Å². The van der Waals surface area contributed by atoms with Crippen LogP contribution in [0.5, 0.6) is 0 Å². The fourth-order valence-corrected chi connectivity index (χ4v) is 3.46. The predicted molar refractivity (Wildman–Crippen MR) is 105 cm³/mol. The van der Waals surface area contributed by atoms with Crippen molar-refractivity contribution in [2.24, 2.45) is 0 Å². The highest BCUT2D eigenvalue weighted by molar-refractivity contribution is 5.77. The molecule has 0 aliphatic carbocycles. The van der Waals surface area contributed by atoms with Gasteiger partial charge in [0.1, 0.15) is 0 Å². The third-order valence-electron chi connectivity index (χ3n) is 4.92. The zero-order valence-corrected chi connectivity index (χ0v) is 15.7. The van der Waals surface area contributed by atoms with E-state index in [1.165, 1.54) is 11.1 Å². The van der Waals surface area contributed by atoms with Crippen LogP contribution in [0.3, 0.4) is 0 Å². The Morgan fingerprint density at radius 3 is 2.63 bits per heavy atom. The van der Waals surface area contributed by atoms with Crippen LogP contribution in [0.2, 0.25) is 0 Å². The van der Waals surface area contributed by atoms with Crippen LogP contribution in [-0.4, -0.2) is 43.1 Å². The van der Waals surface area contributed by atoms with Crippen molar-refractivity contribution in [2.75, 3.05) is 26.2 Å². The van der Waals surface area contributed by atoms with Crippen LogP contribution >= 0.6 is 0 Å². The van der Waals surface area contributed by atoms with Gasteiger partial charge in [0.2, 0.25) is 5.91 Å². The summed E-state index contributed by atoms with van der Waals surface area (Å²) in [6, 6.07) is 18.3. The van der Waals surface area contributed by atoms with Gasteiger partial charge in [0.05, 0.1) is 6.61 Å². The number of cyclic esters (lactones) is 1. The molecule has 142 valence electrons. The molecule has 3 rings (SSSR count). The largest absolute Gasteiger partial charge is 0.449 e. The number of carbonyl (C=O) groups excluding carboxylic acids is 2. The second-order valence-electron chi connectivity index (χ2n) is 6.83. The number of hydrogen-bond donors (Lipinski definition) is 1. The van der Waals surface area contributed by atoms with Crippen LogP contribution in [0.25, 0.3) is 0 Å². The third-order valence-corrected chi connectivity index (χ3v) is 4.92. The molecule has 5 nitrogen and oxygen atoms in total. The van der Waals surface area contributed by atoms with Crippen molar-refractivity contribution in [3.05, 3.63) is 71.3 Å². The molecule has 2 aromatic carbocycles. The molecule has 0 aromatic heterocycles. The van der Waals surface area contributed by atoms with E-state index in [2.05, 4.69) is 36.5 Å². The van der Waals surface area contributed by atoms with Crippen molar-refractivity contribution >= 4 is 12.0 Å². The van der Waals surface area contributed by atoms with E-state index in [-0.39, 0.29) is 17.9 Å². The number of hydrogen-bond acceptors (Lipinski definition) is 3. The number of aryl methyl sites for hydroxylation is 1. The third kappa shape index (κ3) is 5.09. The van der Waals surface area contributed by atoms with Crippen molar-refractivity contribution in [3.8, 4) is 0 Å². The number of carbonyl (C=O) groups is 2. The molecule has 1 aliphatic rings. The molecule has 1 atom stereocenters. The molecule has 5 heteroatoms. The monoisotopic (exact) mass is 366 g/mol. The van der Waals surface area contributed by atoms with E-state index in [0.717, 1.165) is 12.0 Å². The summed E-state index contributed by atoms with van der Waals surface area (Å²) in [7, 11) is 0. The lowest BCUT2D eigenvalue weighted by molar-refractivity contribution is -0.121. The minimum absolute atomic E-state index is 0.00681. The van der Waals surface area contributed by atoms with Gasteiger partial charge < -0.3 is 15.0 Å². The Morgan fingerprint density at radius 2 is 1.89 bits per heavy atom. The number of nitrogens with one attached hydrogen (secondary N) is 1. The lowest BCUT2D eigenvalue weighted by atomic mass is 9.86. The van der Waals surface area contributed by atoms with Gasteiger partial charge in [-0.05, 0) is 30.0 Å². The smallest absolute Gasteiger partial charge is 0.409 e. The number of amides is 2. The first-order valence-electron chi connectivity index (χ1n) is 9.44. The lowest BCUT2D eigenvalue weighted by Crippen LogP contribution is -2.42. The average molecular weight is 366 g/mol. The zero-order valence-electron chi connectivity index (χ0n) is 15.7. The Labute approximate surface area is 160 Å². The summed E-state index contributed by atoms with van der Waals surface area (Å²) in [5, 5.41) is 2.95. The lowest BCUT2D eigenvalue weighted by Gasteiger charge is -2.26. The average Bonchev–Trinajstić information content (AvgIpc) is 2.69. The highest BCUT2D eigenvalue weighted by atomic mass is 16.6. The molecule has 0 spiro atoms. The second kappa shape index (κ2) is 9.21. The van der Waals surface area contributed by atoms with Crippen LogP contribution in [0.1, 0.15) is 35.4 Å². The first-order chi connectivity index (χ1) is 13.1. The van der Waals surface area contributed by atoms with Gasteiger partial charge in [0, 0.05) is 32.0 Å². The molecule has 1 aliphatic heterocycles. The van der Waals surface area contributed by atoms with Gasteiger partial charge in [-0.2, -0.15) is 0 Å². The predicted octanol–water partition coefficient (Wildman–Crippen LogP) is 3.48. The summed E-state index contributed by atoms with van der Waals surface area (Å²) in [6.07, 6.45) is 0.917. The van der Waals surface area contributed by atoms with Gasteiger partial charge in [-0.25, -0.2) is 4.79 Å². The fourth-order valence-electron chi connectivity index (χ4n) is 3.46. The Morgan fingerprint density at radius 1 is 1.15 bits per heavy atom. The summed E-state index contributed by atoms with van der Waals surface area (Å²) < 4.78 is 5.02. The Hall–Kier alpha value is -2.82. The maximum atomic E-state index is 12.6. The van der Waals surface area contributed by atoms with E-state index >= 15 is 0 Å². The highest BCUT2D eigenvalue weighted by Crippen LogP contribution is 2.30. The molecule has 2 amide bonds. The molecular weight excluding hydrogens is 340 g/mol.